The molecule has 4 heteroatoms. The number of nitrogens with one attached hydrogen (secondary N) is 1. The second kappa shape index (κ2) is 6.43. The lowest BCUT2D eigenvalue weighted by atomic mass is 10.3. The van der Waals surface area contributed by atoms with Gasteiger partial charge < -0.3 is 10.8 Å². The Labute approximate surface area is 58.2 Å². The van der Waals surface area contributed by atoms with Crippen molar-refractivity contribution in [3.63, 3.8) is 0 Å². The molecule has 0 rings (SSSR count). The lowest BCUT2D eigenvalue weighted by molar-refractivity contribution is 0.254. The van der Waals surface area contributed by atoms with Crippen LogP contribution in [0, 0.1) is 0 Å². The van der Waals surface area contributed by atoms with Crippen LogP contribution in [0.3, 0.4) is 0 Å². The van der Waals surface area contributed by atoms with Crippen molar-refractivity contribution in [1.82, 2.24) is 5.32 Å². The zero-order chi connectivity index (χ0) is 7.11. The monoisotopic (exact) mass is 150 g/mol. The molecule has 0 saturated carbocycles. The minimum atomic E-state index is 0.0404. The van der Waals surface area contributed by atoms with E-state index in [2.05, 4.69) is 14.6 Å². The van der Waals surface area contributed by atoms with Gasteiger partial charge in [-0.2, -0.15) is 0 Å². The fourth-order valence-electron chi connectivity index (χ4n) is 0.557. The van der Waals surface area contributed by atoms with Crippen molar-refractivity contribution in [2.45, 2.75) is 18.6 Å². The van der Waals surface area contributed by atoms with E-state index in [-0.39, 0.29) is 6.73 Å². The van der Waals surface area contributed by atoms with E-state index in [0.29, 0.717) is 5.78 Å². The van der Waals surface area contributed by atoms with E-state index in [9.17, 15) is 0 Å². The average Bonchev–Trinajstić information content (AvgIpc) is 1.85. The Hall–Kier alpha value is 0.310. The highest BCUT2D eigenvalue weighted by atomic mass is 31.0. The highest BCUT2D eigenvalue weighted by molar-refractivity contribution is 7.17. The minimum Gasteiger partial charge on any atom is -0.381 e. The molecule has 0 aliphatic carbocycles. The van der Waals surface area contributed by atoms with Crippen LogP contribution in [0.25, 0.3) is 0 Å². The van der Waals surface area contributed by atoms with Crippen LogP contribution >= 0.6 is 9.24 Å². The first-order chi connectivity index (χ1) is 4.31. The van der Waals surface area contributed by atoms with E-state index < -0.39 is 0 Å². The van der Waals surface area contributed by atoms with Crippen molar-refractivity contribution in [3.8, 4) is 0 Å². The summed E-state index contributed by atoms with van der Waals surface area (Å²) in [7, 11) is 2.60. The molecule has 0 radical (unpaired) electrons. The number of aliphatic hydroxyl groups excluding tert-OH is 1. The van der Waals surface area contributed by atoms with Crippen LogP contribution in [0.4, 0.5) is 0 Å². The Morgan fingerprint density at radius 2 is 2.33 bits per heavy atom. The van der Waals surface area contributed by atoms with E-state index in [0.717, 1.165) is 19.4 Å². The van der Waals surface area contributed by atoms with Gasteiger partial charge in [0.25, 0.3) is 0 Å². The normalized spacial score (nSPS) is 13.7. The first-order valence-corrected chi connectivity index (χ1v) is 3.77. The maximum Gasteiger partial charge on any atom is 0.0936 e. The van der Waals surface area contributed by atoms with Crippen molar-refractivity contribution in [2.75, 3.05) is 13.3 Å². The van der Waals surface area contributed by atoms with Gasteiger partial charge in [-0.15, -0.1) is 9.24 Å². The van der Waals surface area contributed by atoms with Gasteiger partial charge in [-0.1, -0.05) is 0 Å². The number of nitrogens with two attached hydrogens (primary N) is 1. The minimum absolute atomic E-state index is 0.0404. The van der Waals surface area contributed by atoms with Crippen LogP contribution in [-0.2, 0) is 0 Å². The Morgan fingerprint density at radius 1 is 1.67 bits per heavy atom. The Bertz CT molecular complexity index is 62.9. The summed E-state index contributed by atoms with van der Waals surface area (Å²) in [5, 5.41) is 11.2. The lowest BCUT2D eigenvalue weighted by Crippen LogP contribution is -2.24. The van der Waals surface area contributed by atoms with Gasteiger partial charge in [-0.25, -0.2) is 0 Å². The summed E-state index contributed by atoms with van der Waals surface area (Å²) in [5.41, 5.74) is 5.27. The van der Waals surface area contributed by atoms with Crippen LogP contribution in [0.1, 0.15) is 12.8 Å². The van der Waals surface area contributed by atoms with Gasteiger partial charge in [-0.3, -0.25) is 5.32 Å². The van der Waals surface area contributed by atoms with Crippen LogP contribution in [0.15, 0.2) is 0 Å². The largest absolute Gasteiger partial charge is 0.381 e. The number of rotatable bonds is 5. The molecule has 0 heterocycles. The third-order valence-electron chi connectivity index (χ3n) is 1.07. The molecule has 0 aromatic heterocycles. The maximum absolute atomic E-state index is 8.38. The van der Waals surface area contributed by atoms with Crippen LogP contribution in [0.5, 0.6) is 0 Å². The molecule has 0 aromatic rings. The first-order valence-electron chi connectivity index (χ1n) is 3.11. The summed E-state index contributed by atoms with van der Waals surface area (Å²) in [5.74, 6) is 0.304. The average molecular weight is 150 g/mol. The fraction of sp³-hybridized carbons (Fsp3) is 1.00. The van der Waals surface area contributed by atoms with Gasteiger partial charge in [0, 0.05) is 5.78 Å². The summed E-state index contributed by atoms with van der Waals surface area (Å²) in [4.78, 5) is 0. The molecule has 0 saturated heterocycles. The van der Waals surface area contributed by atoms with E-state index >= 15 is 0 Å². The second-order valence-electron chi connectivity index (χ2n) is 1.90. The van der Waals surface area contributed by atoms with Crippen LogP contribution in [0.2, 0.25) is 0 Å². The molecular weight excluding hydrogens is 135 g/mol. The molecule has 56 valence electrons. The molecule has 0 aliphatic rings. The van der Waals surface area contributed by atoms with Crippen LogP contribution < -0.4 is 11.1 Å². The van der Waals surface area contributed by atoms with Gasteiger partial charge in [0.15, 0.2) is 0 Å². The standard InChI is InChI=1S/C5H15N2OP/c6-3-1-2-5(9)7-4-8/h5,7-8H,1-4,6,9H2. The zero-order valence-corrected chi connectivity index (χ0v) is 6.66. The summed E-state index contributed by atoms with van der Waals surface area (Å²) in [6.07, 6.45) is 2.00. The smallest absolute Gasteiger partial charge is 0.0936 e. The van der Waals surface area contributed by atoms with Gasteiger partial charge >= 0.3 is 0 Å². The third-order valence-corrected chi connectivity index (χ3v) is 1.64. The lowest BCUT2D eigenvalue weighted by Gasteiger charge is -2.09. The maximum atomic E-state index is 8.38. The molecule has 0 amide bonds. The molecule has 0 fully saturated rings. The molecule has 2 atom stereocenters. The molecule has 4 N–H and O–H groups in total. The molecular formula is C5H15N2OP. The fourth-order valence-corrected chi connectivity index (χ4v) is 0.898. The van der Waals surface area contributed by atoms with Gasteiger partial charge in [0.1, 0.15) is 0 Å². The second-order valence-corrected chi connectivity index (χ2v) is 2.70. The quantitative estimate of drug-likeness (QED) is 0.364. The third kappa shape index (κ3) is 6.19. The van der Waals surface area contributed by atoms with Crippen molar-refractivity contribution in [2.24, 2.45) is 5.73 Å². The molecule has 0 bridgehead atoms. The van der Waals surface area contributed by atoms with Crippen molar-refractivity contribution < 1.29 is 5.11 Å². The predicted molar refractivity (Wildman–Crippen MR) is 42.0 cm³/mol. The Morgan fingerprint density at radius 3 is 2.78 bits per heavy atom. The number of hydrogen-bond donors (Lipinski definition) is 3. The summed E-state index contributed by atoms with van der Waals surface area (Å²) in [6.45, 7) is 0.761. The van der Waals surface area contributed by atoms with E-state index in [1.807, 2.05) is 0 Å². The number of aliphatic hydroxyl groups is 1. The van der Waals surface area contributed by atoms with E-state index in [1.54, 1.807) is 0 Å². The van der Waals surface area contributed by atoms with Gasteiger partial charge in [0.05, 0.1) is 6.73 Å². The van der Waals surface area contributed by atoms with Gasteiger partial charge in [-0.05, 0) is 19.4 Å². The van der Waals surface area contributed by atoms with Crippen molar-refractivity contribution >= 4 is 9.24 Å². The molecule has 0 aliphatic heterocycles. The van der Waals surface area contributed by atoms with Crippen LogP contribution in [-0.4, -0.2) is 24.2 Å². The molecule has 2 unspecified atom stereocenters. The molecule has 3 nitrogen and oxygen atoms in total. The van der Waals surface area contributed by atoms with Crippen molar-refractivity contribution in [3.05, 3.63) is 0 Å². The van der Waals surface area contributed by atoms with Gasteiger partial charge in [0.2, 0.25) is 0 Å². The Kier molecular flexibility index (Phi) is 6.65. The highest BCUT2D eigenvalue weighted by Gasteiger charge is 1.96. The topological polar surface area (TPSA) is 58.3 Å². The molecule has 0 aromatic carbocycles. The first kappa shape index (κ1) is 9.31. The predicted octanol–water partition coefficient (Wildman–Crippen LogP) is -0.534. The summed E-state index contributed by atoms with van der Waals surface area (Å²) >= 11 is 0. The van der Waals surface area contributed by atoms with Crippen molar-refractivity contribution in [1.29, 1.82) is 0 Å². The molecule has 0 spiro atoms. The van der Waals surface area contributed by atoms with E-state index in [1.165, 1.54) is 0 Å². The van der Waals surface area contributed by atoms with E-state index in [4.69, 9.17) is 10.8 Å². The highest BCUT2D eigenvalue weighted by Crippen LogP contribution is 2.02. The SMILES string of the molecule is NCCCC(P)NCO. The summed E-state index contributed by atoms with van der Waals surface area (Å²) in [6, 6.07) is 0. The summed E-state index contributed by atoms with van der Waals surface area (Å²) < 4.78 is 0. The molecule has 9 heavy (non-hydrogen) atoms. The zero-order valence-electron chi connectivity index (χ0n) is 5.51. The number of hydrogen-bond acceptors (Lipinski definition) is 3. The Balaban J connectivity index is 2.95.